The van der Waals surface area contributed by atoms with Gasteiger partial charge >= 0.3 is 16.3 Å². The molecule has 128 valence electrons. The van der Waals surface area contributed by atoms with E-state index in [4.69, 9.17) is 8.92 Å². The van der Waals surface area contributed by atoms with Crippen LogP contribution < -0.4 is 4.18 Å². The summed E-state index contributed by atoms with van der Waals surface area (Å²) in [5.74, 6) is -0.282. The van der Waals surface area contributed by atoms with Crippen LogP contribution in [0.4, 0.5) is 0 Å². The molecular weight excluding hydrogens is 342 g/mol. The third-order valence-corrected chi connectivity index (χ3v) is 5.54. The molecule has 25 heavy (non-hydrogen) atoms. The van der Waals surface area contributed by atoms with Gasteiger partial charge in [-0.1, -0.05) is 54.6 Å². The standard InChI is InChI=1S/C18H15NO5S/c20-18(23-12-13-6-2-1-3-7-13)15-10-11-19-17(15)14-8-4-5-9-16(14)24-25(19,21)22/h1-10,17H,11-12H2. The van der Waals surface area contributed by atoms with Crippen molar-refractivity contribution in [3.63, 3.8) is 0 Å². The van der Waals surface area contributed by atoms with Gasteiger partial charge in [0, 0.05) is 12.1 Å². The fourth-order valence-electron chi connectivity index (χ4n) is 3.05. The SMILES string of the molecule is O=C(OCc1ccccc1)C1=CCN2C1c1ccccc1OS2(=O)=O. The van der Waals surface area contributed by atoms with Gasteiger partial charge < -0.3 is 8.92 Å². The highest BCUT2D eigenvalue weighted by atomic mass is 32.2. The van der Waals surface area contributed by atoms with E-state index in [1.54, 1.807) is 30.3 Å². The Kier molecular flexibility index (Phi) is 3.82. The van der Waals surface area contributed by atoms with Crippen molar-refractivity contribution in [3.05, 3.63) is 77.4 Å². The number of fused-ring (bicyclic) bond motifs is 3. The van der Waals surface area contributed by atoms with Crippen molar-refractivity contribution >= 4 is 16.3 Å². The first kappa shape index (κ1) is 15.9. The number of carbonyl (C=O) groups excluding carboxylic acids is 1. The van der Waals surface area contributed by atoms with Crippen LogP contribution in [0.3, 0.4) is 0 Å². The van der Waals surface area contributed by atoms with E-state index in [9.17, 15) is 13.2 Å². The van der Waals surface area contributed by atoms with Gasteiger partial charge in [0.2, 0.25) is 0 Å². The zero-order chi connectivity index (χ0) is 17.4. The van der Waals surface area contributed by atoms with Gasteiger partial charge in [0.25, 0.3) is 0 Å². The summed E-state index contributed by atoms with van der Waals surface area (Å²) in [6.07, 6.45) is 1.58. The Morgan fingerprint density at radius 2 is 1.84 bits per heavy atom. The Bertz CT molecular complexity index is 952. The lowest BCUT2D eigenvalue weighted by Crippen LogP contribution is -2.40. The molecular formula is C18H15NO5S. The Hall–Kier alpha value is -2.64. The second-order valence-corrected chi connectivity index (χ2v) is 7.26. The Morgan fingerprint density at radius 3 is 2.64 bits per heavy atom. The summed E-state index contributed by atoms with van der Waals surface area (Å²) < 4.78 is 36.2. The van der Waals surface area contributed by atoms with Crippen molar-refractivity contribution in [3.8, 4) is 5.75 Å². The number of hydrogen-bond acceptors (Lipinski definition) is 5. The van der Waals surface area contributed by atoms with Crippen LogP contribution in [-0.4, -0.2) is 25.2 Å². The first-order valence-electron chi connectivity index (χ1n) is 7.77. The molecule has 0 saturated heterocycles. The maximum Gasteiger partial charge on any atom is 0.386 e. The first-order chi connectivity index (χ1) is 12.1. The van der Waals surface area contributed by atoms with Crippen molar-refractivity contribution in [2.45, 2.75) is 12.6 Å². The lowest BCUT2D eigenvalue weighted by atomic mass is 10.00. The largest absolute Gasteiger partial charge is 0.457 e. The summed E-state index contributed by atoms with van der Waals surface area (Å²) in [5, 5.41) is 0. The highest BCUT2D eigenvalue weighted by molar-refractivity contribution is 7.84. The summed E-state index contributed by atoms with van der Waals surface area (Å²) >= 11 is 0. The topological polar surface area (TPSA) is 72.9 Å². The maximum absolute atomic E-state index is 12.5. The van der Waals surface area contributed by atoms with Crippen LogP contribution in [-0.2, 0) is 26.4 Å². The summed E-state index contributed by atoms with van der Waals surface area (Å²) in [7, 11) is -3.93. The molecule has 2 aromatic carbocycles. The number of para-hydroxylation sites is 1. The van der Waals surface area contributed by atoms with Crippen LogP contribution in [0.15, 0.2) is 66.2 Å². The number of esters is 1. The zero-order valence-corrected chi connectivity index (χ0v) is 14.0. The van der Waals surface area contributed by atoms with Gasteiger partial charge in [0.15, 0.2) is 0 Å². The van der Waals surface area contributed by atoms with Crippen LogP contribution in [0, 0.1) is 0 Å². The van der Waals surface area contributed by atoms with E-state index in [0.717, 1.165) is 9.87 Å². The van der Waals surface area contributed by atoms with Gasteiger partial charge in [-0.05, 0) is 11.6 Å². The fourth-order valence-corrected chi connectivity index (χ4v) is 4.27. The first-order valence-corrected chi connectivity index (χ1v) is 9.14. The van der Waals surface area contributed by atoms with Crippen LogP contribution in [0.2, 0.25) is 0 Å². The van der Waals surface area contributed by atoms with E-state index in [2.05, 4.69) is 0 Å². The van der Waals surface area contributed by atoms with E-state index in [0.29, 0.717) is 11.1 Å². The van der Waals surface area contributed by atoms with Crippen molar-refractivity contribution in [1.82, 2.24) is 4.31 Å². The predicted molar refractivity (Wildman–Crippen MR) is 89.8 cm³/mol. The van der Waals surface area contributed by atoms with E-state index >= 15 is 0 Å². The molecule has 1 atom stereocenters. The van der Waals surface area contributed by atoms with Gasteiger partial charge in [0.05, 0.1) is 11.6 Å². The molecule has 7 heteroatoms. The molecule has 2 aromatic rings. The molecule has 6 nitrogen and oxygen atoms in total. The zero-order valence-electron chi connectivity index (χ0n) is 13.2. The second-order valence-electron chi connectivity index (χ2n) is 5.77. The molecule has 0 amide bonds. The number of nitrogens with zero attached hydrogens (tertiary/aromatic N) is 1. The molecule has 0 N–H and O–H groups in total. The Balaban J connectivity index is 1.61. The van der Waals surface area contributed by atoms with Crippen molar-refractivity contribution in [2.75, 3.05) is 6.54 Å². The molecule has 0 bridgehead atoms. The predicted octanol–water partition coefficient (Wildman–Crippen LogP) is 2.35. The van der Waals surface area contributed by atoms with Crippen molar-refractivity contribution in [2.24, 2.45) is 0 Å². The highest BCUT2D eigenvalue weighted by Gasteiger charge is 2.46. The molecule has 0 radical (unpaired) electrons. The molecule has 2 aliphatic rings. The number of carbonyl (C=O) groups is 1. The minimum atomic E-state index is -3.93. The van der Waals surface area contributed by atoms with Crippen LogP contribution >= 0.6 is 0 Å². The average molecular weight is 357 g/mol. The number of hydrogen-bond donors (Lipinski definition) is 0. The molecule has 4 rings (SSSR count). The summed E-state index contributed by atoms with van der Waals surface area (Å²) in [5.41, 5.74) is 1.82. The van der Waals surface area contributed by atoms with Gasteiger partial charge in [0.1, 0.15) is 12.4 Å². The van der Waals surface area contributed by atoms with Gasteiger partial charge in [-0.15, -0.1) is 0 Å². The Labute approximate surface area is 145 Å². The normalized spacial score (nSPS) is 20.8. The number of benzene rings is 2. The van der Waals surface area contributed by atoms with Crippen molar-refractivity contribution in [1.29, 1.82) is 0 Å². The van der Waals surface area contributed by atoms with E-state index in [-0.39, 0.29) is 18.9 Å². The maximum atomic E-state index is 12.5. The third-order valence-electron chi connectivity index (χ3n) is 4.22. The van der Waals surface area contributed by atoms with Crippen LogP contribution in [0.1, 0.15) is 17.2 Å². The van der Waals surface area contributed by atoms with Crippen molar-refractivity contribution < 1.29 is 22.1 Å². The van der Waals surface area contributed by atoms with Crippen LogP contribution in [0.5, 0.6) is 5.75 Å². The lowest BCUT2D eigenvalue weighted by molar-refractivity contribution is -0.140. The summed E-state index contributed by atoms with van der Waals surface area (Å²) in [4.78, 5) is 12.5. The summed E-state index contributed by atoms with van der Waals surface area (Å²) in [6.45, 7) is 0.214. The van der Waals surface area contributed by atoms with Gasteiger partial charge in [-0.2, -0.15) is 12.7 Å². The third kappa shape index (κ3) is 2.81. The van der Waals surface area contributed by atoms with Gasteiger partial charge in [-0.25, -0.2) is 4.79 Å². The second kappa shape index (κ2) is 6.02. The van der Waals surface area contributed by atoms with E-state index in [1.165, 1.54) is 0 Å². The average Bonchev–Trinajstić information content (AvgIpc) is 3.07. The highest BCUT2D eigenvalue weighted by Crippen LogP contribution is 2.44. The smallest absolute Gasteiger partial charge is 0.386 e. The van der Waals surface area contributed by atoms with Crippen LogP contribution in [0.25, 0.3) is 0 Å². The fraction of sp³-hybridized carbons (Fsp3) is 0.167. The monoisotopic (exact) mass is 357 g/mol. The minimum absolute atomic E-state index is 0.0805. The van der Waals surface area contributed by atoms with Gasteiger partial charge in [-0.3, -0.25) is 0 Å². The molecule has 0 aliphatic carbocycles. The lowest BCUT2D eigenvalue weighted by Gasteiger charge is -2.31. The molecule has 0 spiro atoms. The molecule has 2 heterocycles. The molecule has 0 saturated carbocycles. The quantitative estimate of drug-likeness (QED) is 0.789. The molecule has 2 aliphatic heterocycles. The van der Waals surface area contributed by atoms with E-state index in [1.807, 2.05) is 30.3 Å². The summed E-state index contributed by atoms with van der Waals surface area (Å²) in [6, 6.07) is 15.4. The molecule has 0 aromatic heterocycles. The molecule has 1 unspecified atom stereocenters. The van der Waals surface area contributed by atoms with E-state index < -0.39 is 22.3 Å². The number of rotatable bonds is 3. The minimum Gasteiger partial charge on any atom is -0.457 e. The Morgan fingerprint density at radius 1 is 1.12 bits per heavy atom. The number of ether oxygens (including phenoxy) is 1. The molecule has 0 fully saturated rings.